The molecule has 0 spiro atoms. The van der Waals surface area contributed by atoms with Crippen LogP contribution in [0.2, 0.25) is 0 Å². The maximum atomic E-state index is 11.6. The van der Waals surface area contributed by atoms with Crippen molar-refractivity contribution in [2.24, 2.45) is 0 Å². The standard InChI is InChI=1S/C19H25NO4S/c1-19(2)17(14-6-5-7-15(12-14)23-3)10-11-20(19)13-16-8-9-18(24-16)25(4,21)22/h5-9,12,17H,10-11,13H2,1-4H3. The molecule has 6 heteroatoms. The molecule has 1 aromatic carbocycles. The Bertz CT molecular complexity index is 854. The summed E-state index contributed by atoms with van der Waals surface area (Å²) in [5, 5.41) is 0.0313. The van der Waals surface area contributed by atoms with E-state index in [1.807, 2.05) is 12.1 Å². The molecule has 136 valence electrons. The number of rotatable bonds is 5. The molecule has 0 aliphatic carbocycles. The highest BCUT2D eigenvalue weighted by Gasteiger charge is 2.42. The molecule has 2 aromatic rings. The summed E-state index contributed by atoms with van der Waals surface area (Å²) in [5.74, 6) is 1.93. The molecule has 0 radical (unpaired) electrons. The normalized spacial score (nSPS) is 20.7. The van der Waals surface area contributed by atoms with Gasteiger partial charge in [0.2, 0.25) is 14.9 Å². The van der Waals surface area contributed by atoms with Gasteiger partial charge >= 0.3 is 0 Å². The van der Waals surface area contributed by atoms with Crippen molar-refractivity contribution in [1.82, 2.24) is 4.90 Å². The number of likely N-dealkylation sites (tertiary alicyclic amines) is 1. The fourth-order valence-corrected chi connectivity index (χ4v) is 4.27. The van der Waals surface area contributed by atoms with E-state index in [1.165, 1.54) is 11.6 Å². The van der Waals surface area contributed by atoms with Gasteiger partial charge in [-0.2, -0.15) is 0 Å². The van der Waals surface area contributed by atoms with Gasteiger partial charge in [-0.05, 0) is 56.6 Å². The zero-order chi connectivity index (χ0) is 18.2. The monoisotopic (exact) mass is 363 g/mol. The van der Waals surface area contributed by atoms with E-state index in [4.69, 9.17) is 9.15 Å². The molecule has 0 saturated carbocycles. The number of benzene rings is 1. The number of ether oxygens (including phenoxy) is 1. The third-order valence-electron chi connectivity index (χ3n) is 5.20. The minimum atomic E-state index is -3.30. The van der Waals surface area contributed by atoms with Gasteiger partial charge in [-0.1, -0.05) is 12.1 Å². The summed E-state index contributed by atoms with van der Waals surface area (Å²) in [5.41, 5.74) is 1.20. The van der Waals surface area contributed by atoms with Crippen LogP contribution in [0, 0.1) is 0 Å². The predicted molar refractivity (Wildman–Crippen MR) is 96.7 cm³/mol. The summed E-state index contributed by atoms with van der Waals surface area (Å²) in [4.78, 5) is 2.35. The first-order chi connectivity index (χ1) is 11.7. The third-order valence-corrected chi connectivity index (χ3v) is 6.15. The van der Waals surface area contributed by atoms with E-state index in [-0.39, 0.29) is 10.6 Å². The lowest BCUT2D eigenvalue weighted by molar-refractivity contribution is 0.140. The SMILES string of the molecule is COc1cccc(C2CCN(Cc3ccc(S(C)(=O)=O)o3)C2(C)C)c1. The van der Waals surface area contributed by atoms with Crippen LogP contribution in [0.3, 0.4) is 0 Å². The molecular weight excluding hydrogens is 338 g/mol. The van der Waals surface area contributed by atoms with Crippen LogP contribution in [-0.4, -0.2) is 38.8 Å². The van der Waals surface area contributed by atoms with Crippen LogP contribution in [-0.2, 0) is 16.4 Å². The van der Waals surface area contributed by atoms with E-state index in [2.05, 4.69) is 30.9 Å². The third kappa shape index (κ3) is 3.60. The van der Waals surface area contributed by atoms with Crippen molar-refractivity contribution in [2.45, 2.75) is 43.4 Å². The largest absolute Gasteiger partial charge is 0.497 e. The van der Waals surface area contributed by atoms with Gasteiger partial charge in [0.05, 0.1) is 13.7 Å². The van der Waals surface area contributed by atoms with Gasteiger partial charge in [0.1, 0.15) is 11.5 Å². The zero-order valence-corrected chi connectivity index (χ0v) is 16.0. The fraction of sp³-hybridized carbons (Fsp3) is 0.474. The summed E-state index contributed by atoms with van der Waals surface area (Å²) in [6.45, 7) is 5.99. The second kappa shape index (κ2) is 6.50. The predicted octanol–water partition coefficient (Wildman–Crippen LogP) is 3.46. The topological polar surface area (TPSA) is 59.8 Å². The van der Waals surface area contributed by atoms with E-state index in [0.29, 0.717) is 18.2 Å². The lowest BCUT2D eigenvalue weighted by Crippen LogP contribution is -2.41. The average Bonchev–Trinajstić information content (AvgIpc) is 3.13. The Morgan fingerprint density at radius 3 is 2.68 bits per heavy atom. The number of furan rings is 1. The highest BCUT2D eigenvalue weighted by Crippen LogP contribution is 2.43. The lowest BCUT2D eigenvalue weighted by atomic mass is 9.82. The maximum absolute atomic E-state index is 11.6. The van der Waals surface area contributed by atoms with Gasteiger partial charge in [-0.15, -0.1) is 0 Å². The summed E-state index contributed by atoms with van der Waals surface area (Å²) in [7, 11) is -1.62. The molecule has 2 heterocycles. The number of nitrogens with zero attached hydrogens (tertiary/aromatic N) is 1. The number of methoxy groups -OCH3 is 1. The van der Waals surface area contributed by atoms with Crippen molar-refractivity contribution in [3.05, 3.63) is 47.7 Å². The molecule has 1 fully saturated rings. The molecule has 1 unspecified atom stereocenters. The van der Waals surface area contributed by atoms with Crippen LogP contribution in [0.15, 0.2) is 45.9 Å². The van der Waals surface area contributed by atoms with E-state index >= 15 is 0 Å². The van der Waals surface area contributed by atoms with Crippen LogP contribution in [0.5, 0.6) is 5.75 Å². The van der Waals surface area contributed by atoms with E-state index in [9.17, 15) is 8.42 Å². The van der Waals surface area contributed by atoms with E-state index in [1.54, 1.807) is 13.2 Å². The second-order valence-electron chi connectivity index (χ2n) is 7.19. The van der Waals surface area contributed by atoms with Crippen molar-refractivity contribution in [3.63, 3.8) is 0 Å². The Balaban J connectivity index is 1.79. The molecule has 1 saturated heterocycles. The molecule has 0 bridgehead atoms. The van der Waals surface area contributed by atoms with Crippen LogP contribution >= 0.6 is 0 Å². The highest BCUT2D eigenvalue weighted by atomic mass is 32.2. The van der Waals surface area contributed by atoms with Gasteiger partial charge in [0.15, 0.2) is 0 Å². The van der Waals surface area contributed by atoms with Gasteiger partial charge in [-0.3, -0.25) is 4.90 Å². The van der Waals surface area contributed by atoms with Gasteiger partial charge in [0, 0.05) is 17.7 Å². The summed E-state index contributed by atoms with van der Waals surface area (Å²) in [6.07, 6.45) is 2.20. The Labute approximate surface area is 149 Å². The summed E-state index contributed by atoms with van der Waals surface area (Å²) in [6, 6.07) is 11.5. The first-order valence-corrected chi connectivity index (χ1v) is 10.3. The van der Waals surface area contributed by atoms with Crippen molar-refractivity contribution >= 4 is 9.84 Å². The fourth-order valence-electron chi connectivity index (χ4n) is 3.69. The van der Waals surface area contributed by atoms with Gasteiger partial charge in [-0.25, -0.2) is 8.42 Å². The smallest absolute Gasteiger partial charge is 0.217 e. The summed E-state index contributed by atoms with van der Waals surface area (Å²) < 4.78 is 34.1. The zero-order valence-electron chi connectivity index (χ0n) is 15.2. The van der Waals surface area contributed by atoms with Crippen LogP contribution in [0.4, 0.5) is 0 Å². The summed E-state index contributed by atoms with van der Waals surface area (Å²) >= 11 is 0. The Kier molecular flexibility index (Phi) is 4.68. The highest BCUT2D eigenvalue weighted by molar-refractivity contribution is 7.90. The van der Waals surface area contributed by atoms with Gasteiger partial charge < -0.3 is 9.15 Å². The molecule has 1 aromatic heterocycles. The van der Waals surface area contributed by atoms with Crippen molar-refractivity contribution < 1.29 is 17.6 Å². The Hall–Kier alpha value is -1.79. The first-order valence-electron chi connectivity index (χ1n) is 8.39. The minimum Gasteiger partial charge on any atom is -0.497 e. The molecule has 1 atom stereocenters. The number of hydrogen-bond acceptors (Lipinski definition) is 5. The molecule has 5 nitrogen and oxygen atoms in total. The molecule has 1 aliphatic heterocycles. The number of sulfone groups is 1. The molecule has 0 amide bonds. The van der Waals surface area contributed by atoms with E-state index in [0.717, 1.165) is 25.0 Å². The van der Waals surface area contributed by atoms with Crippen molar-refractivity contribution in [1.29, 1.82) is 0 Å². The first kappa shape index (κ1) is 18.0. The minimum absolute atomic E-state index is 0.0313. The average molecular weight is 363 g/mol. The van der Waals surface area contributed by atoms with Crippen LogP contribution in [0.25, 0.3) is 0 Å². The molecule has 3 rings (SSSR count). The quantitative estimate of drug-likeness (QED) is 0.814. The van der Waals surface area contributed by atoms with E-state index < -0.39 is 9.84 Å². The molecular formula is C19H25NO4S. The second-order valence-corrected chi connectivity index (χ2v) is 9.13. The van der Waals surface area contributed by atoms with Gasteiger partial charge in [0.25, 0.3) is 0 Å². The maximum Gasteiger partial charge on any atom is 0.217 e. The number of hydrogen-bond donors (Lipinski definition) is 0. The molecule has 25 heavy (non-hydrogen) atoms. The Morgan fingerprint density at radius 1 is 1.28 bits per heavy atom. The van der Waals surface area contributed by atoms with Crippen LogP contribution in [0.1, 0.15) is 37.5 Å². The lowest BCUT2D eigenvalue weighted by Gasteiger charge is -2.36. The van der Waals surface area contributed by atoms with Crippen molar-refractivity contribution in [2.75, 3.05) is 19.9 Å². The molecule has 1 aliphatic rings. The van der Waals surface area contributed by atoms with Crippen molar-refractivity contribution in [3.8, 4) is 5.75 Å². The van der Waals surface area contributed by atoms with Crippen LogP contribution < -0.4 is 4.74 Å². The molecule has 0 N–H and O–H groups in total. The Morgan fingerprint density at radius 2 is 2.04 bits per heavy atom.